The van der Waals surface area contributed by atoms with E-state index >= 15 is 0 Å². The van der Waals surface area contributed by atoms with Gasteiger partial charge in [0.05, 0.1) is 0 Å². The van der Waals surface area contributed by atoms with E-state index in [4.69, 9.17) is 0 Å². The van der Waals surface area contributed by atoms with Crippen LogP contribution in [0.15, 0.2) is 22.7 Å². The van der Waals surface area contributed by atoms with Crippen LogP contribution in [0.3, 0.4) is 0 Å². The maximum absolute atomic E-state index is 13.1. The van der Waals surface area contributed by atoms with E-state index in [1.54, 1.807) is 6.07 Å². The first-order valence-electron chi connectivity index (χ1n) is 5.46. The van der Waals surface area contributed by atoms with Crippen molar-refractivity contribution in [3.05, 3.63) is 34.1 Å². The van der Waals surface area contributed by atoms with Crippen LogP contribution in [0.2, 0.25) is 0 Å². The molecule has 1 rings (SSSR count). The monoisotopic (exact) mass is 288 g/mol. The number of likely N-dealkylation sites (N-methyl/N-ethyl adjacent to an activating group) is 1. The molecule has 0 heterocycles. The van der Waals surface area contributed by atoms with Crippen molar-refractivity contribution in [2.45, 2.75) is 13.5 Å². The molecule has 2 nitrogen and oxygen atoms in total. The van der Waals surface area contributed by atoms with Crippen molar-refractivity contribution in [2.24, 2.45) is 0 Å². The van der Waals surface area contributed by atoms with Gasteiger partial charge in [0.25, 0.3) is 0 Å². The quantitative estimate of drug-likeness (QED) is 0.810. The van der Waals surface area contributed by atoms with Gasteiger partial charge in [0.15, 0.2) is 0 Å². The minimum atomic E-state index is -0.197. The molecule has 1 aromatic rings. The summed E-state index contributed by atoms with van der Waals surface area (Å²) in [5.74, 6) is -0.197. The van der Waals surface area contributed by atoms with Crippen molar-refractivity contribution in [1.29, 1.82) is 0 Å². The van der Waals surface area contributed by atoms with E-state index in [-0.39, 0.29) is 5.82 Å². The van der Waals surface area contributed by atoms with Gasteiger partial charge in [0.1, 0.15) is 5.82 Å². The van der Waals surface area contributed by atoms with Crippen LogP contribution < -0.4 is 5.32 Å². The van der Waals surface area contributed by atoms with Crippen molar-refractivity contribution in [1.82, 2.24) is 10.2 Å². The molecule has 1 N–H and O–H groups in total. The van der Waals surface area contributed by atoms with E-state index in [0.29, 0.717) is 6.54 Å². The van der Waals surface area contributed by atoms with Gasteiger partial charge in [0.2, 0.25) is 0 Å². The largest absolute Gasteiger partial charge is 0.311 e. The van der Waals surface area contributed by atoms with Gasteiger partial charge in [-0.2, -0.15) is 0 Å². The Morgan fingerprint density at radius 2 is 2.12 bits per heavy atom. The summed E-state index contributed by atoms with van der Waals surface area (Å²) < 4.78 is 13.8. The molecule has 0 radical (unpaired) electrons. The lowest BCUT2D eigenvalue weighted by molar-refractivity contribution is 0.349. The first kappa shape index (κ1) is 13.6. The van der Waals surface area contributed by atoms with Crippen molar-refractivity contribution >= 4 is 15.9 Å². The van der Waals surface area contributed by atoms with Gasteiger partial charge in [-0.1, -0.05) is 22.9 Å². The summed E-state index contributed by atoms with van der Waals surface area (Å²) >= 11 is 3.28. The summed E-state index contributed by atoms with van der Waals surface area (Å²) in [6, 6.07) is 4.95. The molecule has 0 aliphatic rings. The second-order valence-electron chi connectivity index (χ2n) is 3.85. The Kier molecular flexibility index (Phi) is 5.95. The average Bonchev–Trinajstić information content (AvgIpc) is 2.22. The summed E-state index contributed by atoms with van der Waals surface area (Å²) in [5.41, 5.74) is 0.964. The first-order valence-corrected chi connectivity index (χ1v) is 6.25. The van der Waals surface area contributed by atoms with Crippen LogP contribution in [0, 0.1) is 5.82 Å². The zero-order valence-electron chi connectivity index (χ0n) is 9.76. The van der Waals surface area contributed by atoms with E-state index in [0.717, 1.165) is 29.7 Å². The molecule has 0 amide bonds. The Hall–Kier alpha value is -0.450. The van der Waals surface area contributed by atoms with Crippen LogP contribution in [0.4, 0.5) is 4.39 Å². The molecule has 0 saturated heterocycles. The fourth-order valence-electron chi connectivity index (χ4n) is 1.37. The second kappa shape index (κ2) is 6.99. The molecule has 0 unspecified atom stereocenters. The molecular formula is C12H18BrFN2. The van der Waals surface area contributed by atoms with Gasteiger partial charge in [0, 0.05) is 24.1 Å². The van der Waals surface area contributed by atoms with E-state index in [2.05, 4.69) is 40.1 Å². The van der Waals surface area contributed by atoms with E-state index in [1.165, 1.54) is 6.07 Å². The highest BCUT2D eigenvalue weighted by atomic mass is 79.9. The van der Waals surface area contributed by atoms with Gasteiger partial charge in [-0.25, -0.2) is 4.39 Å². The highest BCUT2D eigenvalue weighted by Crippen LogP contribution is 2.14. The minimum absolute atomic E-state index is 0.197. The third kappa shape index (κ3) is 5.05. The summed E-state index contributed by atoms with van der Waals surface area (Å²) in [5, 5.41) is 3.29. The normalized spacial score (nSPS) is 11.1. The van der Waals surface area contributed by atoms with Gasteiger partial charge in [-0.15, -0.1) is 0 Å². The van der Waals surface area contributed by atoms with Crippen molar-refractivity contribution in [2.75, 3.05) is 26.7 Å². The zero-order chi connectivity index (χ0) is 12.0. The third-order valence-corrected chi connectivity index (χ3v) is 2.92. The second-order valence-corrected chi connectivity index (χ2v) is 4.77. The lowest BCUT2D eigenvalue weighted by Gasteiger charge is -2.14. The van der Waals surface area contributed by atoms with Crippen LogP contribution in [-0.4, -0.2) is 31.6 Å². The van der Waals surface area contributed by atoms with Crippen LogP contribution in [0.5, 0.6) is 0 Å². The maximum Gasteiger partial charge on any atom is 0.124 e. The molecule has 16 heavy (non-hydrogen) atoms. The number of hydrogen-bond donors (Lipinski definition) is 1. The van der Waals surface area contributed by atoms with Gasteiger partial charge in [-0.3, -0.25) is 0 Å². The minimum Gasteiger partial charge on any atom is -0.311 e. The number of hydrogen-bond acceptors (Lipinski definition) is 2. The predicted octanol–water partition coefficient (Wildman–Crippen LogP) is 2.63. The number of nitrogens with one attached hydrogen (secondary N) is 1. The molecule has 0 atom stereocenters. The van der Waals surface area contributed by atoms with Crippen molar-refractivity contribution < 1.29 is 4.39 Å². The molecule has 1 aromatic carbocycles. The van der Waals surface area contributed by atoms with Crippen LogP contribution in [0.1, 0.15) is 12.5 Å². The maximum atomic E-state index is 13.1. The van der Waals surface area contributed by atoms with Gasteiger partial charge in [-0.05, 0) is 37.4 Å². The van der Waals surface area contributed by atoms with Crippen LogP contribution in [0.25, 0.3) is 0 Å². The Labute approximate surface area is 105 Å². The molecular weight excluding hydrogens is 271 g/mol. The average molecular weight is 289 g/mol. The zero-order valence-corrected chi connectivity index (χ0v) is 11.3. The van der Waals surface area contributed by atoms with E-state index in [1.807, 2.05) is 6.07 Å². The van der Waals surface area contributed by atoms with Crippen molar-refractivity contribution in [3.63, 3.8) is 0 Å². The Bertz CT molecular complexity index is 311. The summed E-state index contributed by atoms with van der Waals surface area (Å²) in [7, 11) is 2.08. The molecule has 0 aromatic heterocycles. The SMILES string of the molecule is CCN(C)CCNCc1cc(F)cc(Br)c1. The molecule has 0 bridgehead atoms. The Morgan fingerprint density at radius 3 is 2.75 bits per heavy atom. The molecule has 90 valence electrons. The molecule has 0 aliphatic carbocycles. The fraction of sp³-hybridized carbons (Fsp3) is 0.500. The molecule has 0 saturated carbocycles. The van der Waals surface area contributed by atoms with E-state index < -0.39 is 0 Å². The first-order chi connectivity index (χ1) is 7.61. The lowest BCUT2D eigenvalue weighted by Crippen LogP contribution is -2.28. The Morgan fingerprint density at radius 1 is 1.38 bits per heavy atom. The number of benzene rings is 1. The standard InChI is InChI=1S/C12H18BrFN2/c1-3-16(2)5-4-15-9-10-6-11(13)8-12(14)7-10/h6-8,15H,3-5,9H2,1-2H3. The van der Waals surface area contributed by atoms with Gasteiger partial charge >= 0.3 is 0 Å². The number of nitrogens with zero attached hydrogens (tertiary/aromatic N) is 1. The summed E-state index contributed by atoms with van der Waals surface area (Å²) in [4.78, 5) is 2.23. The number of rotatable bonds is 6. The van der Waals surface area contributed by atoms with Crippen LogP contribution >= 0.6 is 15.9 Å². The van der Waals surface area contributed by atoms with Gasteiger partial charge < -0.3 is 10.2 Å². The van der Waals surface area contributed by atoms with Crippen molar-refractivity contribution in [3.8, 4) is 0 Å². The highest BCUT2D eigenvalue weighted by molar-refractivity contribution is 9.10. The smallest absolute Gasteiger partial charge is 0.124 e. The Balaban J connectivity index is 2.32. The molecule has 0 fully saturated rings. The fourth-order valence-corrected chi connectivity index (χ4v) is 1.89. The summed E-state index contributed by atoms with van der Waals surface area (Å²) in [6.07, 6.45) is 0. The summed E-state index contributed by atoms with van der Waals surface area (Å²) in [6.45, 7) is 5.80. The van der Waals surface area contributed by atoms with E-state index in [9.17, 15) is 4.39 Å². The topological polar surface area (TPSA) is 15.3 Å². The highest BCUT2D eigenvalue weighted by Gasteiger charge is 1.99. The molecule has 0 aliphatic heterocycles. The third-order valence-electron chi connectivity index (χ3n) is 2.46. The molecule has 0 spiro atoms. The lowest BCUT2D eigenvalue weighted by atomic mass is 10.2. The number of halogens is 2. The molecule has 4 heteroatoms. The van der Waals surface area contributed by atoms with Crippen LogP contribution in [-0.2, 0) is 6.54 Å². The predicted molar refractivity (Wildman–Crippen MR) is 69.0 cm³/mol.